The molecule has 7 rings (SSSR count). The average Bonchev–Trinajstić information content (AvgIpc) is 3.84. The molecule has 1 saturated carbocycles. The van der Waals surface area contributed by atoms with E-state index in [4.69, 9.17) is 4.74 Å². The van der Waals surface area contributed by atoms with Gasteiger partial charge in [0.25, 0.3) is 0 Å². The lowest BCUT2D eigenvalue weighted by Crippen LogP contribution is -2.05. The molecule has 2 atom stereocenters. The number of hydrogen-bond acceptors (Lipinski definition) is 3. The molecule has 3 heterocycles. The van der Waals surface area contributed by atoms with Gasteiger partial charge in [-0.1, -0.05) is 24.3 Å². The van der Waals surface area contributed by atoms with Gasteiger partial charge in [0.2, 0.25) is 0 Å². The predicted molar refractivity (Wildman–Crippen MR) is 136 cm³/mol. The maximum Gasteiger partial charge on any atom is 0.169 e. The fourth-order valence-electron chi connectivity index (χ4n) is 5.07. The Hall–Kier alpha value is -4.10. The Morgan fingerprint density at radius 3 is 2.49 bits per heavy atom. The third-order valence-corrected chi connectivity index (χ3v) is 7.13. The van der Waals surface area contributed by atoms with Gasteiger partial charge in [-0.05, 0) is 84.0 Å². The Morgan fingerprint density at radius 1 is 0.865 bits per heavy atom. The number of pyridine rings is 1. The van der Waals surface area contributed by atoms with Gasteiger partial charge in [-0.15, -0.1) is 0 Å². The van der Waals surface area contributed by atoms with E-state index in [-0.39, 0.29) is 23.7 Å². The van der Waals surface area contributed by atoms with Gasteiger partial charge in [0, 0.05) is 17.4 Å². The van der Waals surface area contributed by atoms with E-state index in [9.17, 15) is 13.2 Å². The second-order valence-electron chi connectivity index (χ2n) is 9.61. The first-order valence-electron chi connectivity index (χ1n) is 12.3. The molecule has 7 heteroatoms. The Balaban J connectivity index is 1.26. The number of halogens is 3. The van der Waals surface area contributed by atoms with Crippen molar-refractivity contribution in [2.24, 2.45) is 0 Å². The van der Waals surface area contributed by atoms with Crippen LogP contribution >= 0.6 is 0 Å². The van der Waals surface area contributed by atoms with E-state index in [0.717, 1.165) is 46.8 Å². The van der Waals surface area contributed by atoms with Gasteiger partial charge in [-0.25, -0.2) is 18.2 Å². The first-order valence-corrected chi connectivity index (χ1v) is 12.3. The number of epoxide rings is 1. The SMILES string of the molecule is Fc1ccc(NC2OC2c2cc(-c3cccn4c(-c5cccc(F)c5F)ncc34)ccc2C2CC2)cc1. The Labute approximate surface area is 211 Å². The number of aromatic nitrogens is 2. The molecule has 1 saturated heterocycles. The van der Waals surface area contributed by atoms with Crippen molar-refractivity contribution in [1.29, 1.82) is 0 Å². The molecular formula is C30H22F3N3O. The van der Waals surface area contributed by atoms with Crippen LogP contribution in [-0.2, 0) is 4.74 Å². The van der Waals surface area contributed by atoms with Crippen LogP contribution in [0.3, 0.4) is 0 Å². The van der Waals surface area contributed by atoms with Crippen molar-refractivity contribution in [3.63, 3.8) is 0 Å². The van der Waals surface area contributed by atoms with Crippen LogP contribution in [0, 0.1) is 17.5 Å². The van der Waals surface area contributed by atoms with E-state index in [0.29, 0.717) is 11.7 Å². The molecule has 1 N–H and O–H groups in total. The summed E-state index contributed by atoms with van der Waals surface area (Å²) in [6, 6.07) is 20.7. The molecule has 0 amide bonds. The van der Waals surface area contributed by atoms with Crippen molar-refractivity contribution in [3.05, 3.63) is 114 Å². The van der Waals surface area contributed by atoms with E-state index in [1.807, 2.05) is 12.1 Å². The molecule has 184 valence electrons. The minimum absolute atomic E-state index is 0.109. The fraction of sp³-hybridized carbons (Fsp3) is 0.167. The van der Waals surface area contributed by atoms with Crippen LogP contribution < -0.4 is 5.32 Å². The molecule has 2 aliphatic rings. The summed E-state index contributed by atoms with van der Waals surface area (Å²) < 4.78 is 49.5. The van der Waals surface area contributed by atoms with E-state index < -0.39 is 11.6 Å². The Kier molecular flexibility index (Phi) is 5.08. The standard InChI is InChI=1S/C30H22F3N3O/c31-19-9-11-20(12-10-19)35-30-28(37-30)24-15-18(8-13-21(24)17-6-7-17)22-4-2-14-36-26(22)16-34-29(36)23-3-1-5-25(32)27(23)33/h1-5,8-17,28,30,35H,6-7H2. The molecule has 2 fully saturated rings. The molecule has 4 nitrogen and oxygen atoms in total. The molecule has 3 aromatic carbocycles. The summed E-state index contributed by atoms with van der Waals surface area (Å²) in [5.74, 6) is -1.22. The molecule has 37 heavy (non-hydrogen) atoms. The smallest absolute Gasteiger partial charge is 0.169 e. The third-order valence-electron chi connectivity index (χ3n) is 7.13. The lowest BCUT2D eigenvalue weighted by atomic mass is 9.94. The lowest BCUT2D eigenvalue weighted by Gasteiger charge is -2.12. The van der Waals surface area contributed by atoms with Crippen molar-refractivity contribution in [2.45, 2.75) is 31.1 Å². The summed E-state index contributed by atoms with van der Waals surface area (Å²) in [6.07, 6.45) is 5.52. The number of rotatable bonds is 6. The zero-order valence-corrected chi connectivity index (χ0v) is 19.7. The normalized spacial score (nSPS) is 18.8. The molecule has 0 spiro atoms. The summed E-state index contributed by atoms with van der Waals surface area (Å²) in [5, 5.41) is 3.33. The third kappa shape index (κ3) is 3.96. The van der Waals surface area contributed by atoms with Crippen LogP contribution in [0.1, 0.15) is 36.0 Å². The number of hydrogen-bond donors (Lipinski definition) is 1. The molecule has 1 aliphatic heterocycles. The second-order valence-corrected chi connectivity index (χ2v) is 9.61. The molecule has 0 bridgehead atoms. The largest absolute Gasteiger partial charge is 0.358 e. The maximum atomic E-state index is 14.5. The molecule has 1 aliphatic carbocycles. The number of nitrogens with one attached hydrogen (secondary N) is 1. The lowest BCUT2D eigenvalue weighted by molar-refractivity contribution is 0.385. The van der Waals surface area contributed by atoms with E-state index in [2.05, 4.69) is 28.5 Å². The van der Waals surface area contributed by atoms with Gasteiger partial charge in [-0.3, -0.25) is 4.40 Å². The molecule has 5 aromatic rings. The fourth-order valence-corrected chi connectivity index (χ4v) is 5.07. The topological polar surface area (TPSA) is 41.9 Å². The van der Waals surface area contributed by atoms with E-state index in [1.165, 1.54) is 29.8 Å². The van der Waals surface area contributed by atoms with Gasteiger partial charge in [-0.2, -0.15) is 0 Å². The Bertz CT molecular complexity index is 1640. The molecule has 2 unspecified atom stereocenters. The van der Waals surface area contributed by atoms with Crippen molar-refractivity contribution < 1.29 is 17.9 Å². The van der Waals surface area contributed by atoms with Crippen LogP contribution in [-0.4, -0.2) is 15.6 Å². The highest BCUT2D eigenvalue weighted by Crippen LogP contribution is 2.49. The quantitative estimate of drug-likeness (QED) is 0.248. The summed E-state index contributed by atoms with van der Waals surface area (Å²) in [7, 11) is 0. The second kappa shape index (κ2) is 8.49. The number of benzene rings is 3. The highest BCUT2D eigenvalue weighted by Gasteiger charge is 2.43. The number of nitrogens with zero attached hydrogens (tertiary/aromatic N) is 2. The molecular weight excluding hydrogens is 475 g/mol. The van der Waals surface area contributed by atoms with Gasteiger partial charge >= 0.3 is 0 Å². The van der Waals surface area contributed by atoms with Crippen molar-refractivity contribution >= 4 is 11.2 Å². The average molecular weight is 498 g/mol. The van der Waals surface area contributed by atoms with Crippen LogP contribution in [0.25, 0.3) is 28.0 Å². The zero-order valence-electron chi connectivity index (χ0n) is 19.7. The number of ether oxygens (including phenoxy) is 1. The van der Waals surface area contributed by atoms with Crippen molar-refractivity contribution in [3.8, 4) is 22.5 Å². The van der Waals surface area contributed by atoms with E-state index >= 15 is 0 Å². The minimum atomic E-state index is -0.915. The Morgan fingerprint density at radius 2 is 1.68 bits per heavy atom. The zero-order chi connectivity index (χ0) is 25.1. The van der Waals surface area contributed by atoms with Crippen LogP contribution in [0.2, 0.25) is 0 Å². The number of anilines is 1. The summed E-state index contributed by atoms with van der Waals surface area (Å²) in [6.45, 7) is 0. The van der Waals surface area contributed by atoms with Crippen LogP contribution in [0.4, 0.5) is 18.9 Å². The first kappa shape index (κ1) is 22.1. The monoisotopic (exact) mass is 497 g/mol. The summed E-state index contributed by atoms with van der Waals surface area (Å²) in [5.41, 5.74) is 6.07. The predicted octanol–water partition coefficient (Wildman–Crippen LogP) is 7.47. The molecule has 2 aromatic heterocycles. The summed E-state index contributed by atoms with van der Waals surface area (Å²) >= 11 is 0. The van der Waals surface area contributed by atoms with Crippen LogP contribution in [0.15, 0.2) is 85.2 Å². The van der Waals surface area contributed by atoms with Gasteiger partial charge in [0.1, 0.15) is 17.7 Å². The van der Waals surface area contributed by atoms with Gasteiger partial charge in [0.15, 0.2) is 17.9 Å². The van der Waals surface area contributed by atoms with Crippen molar-refractivity contribution in [1.82, 2.24) is 9.38 Å². The first-order chi connectivity index (χ1) is 18.1. The van der Waals surface area contributed by atoms with Crippen LogP contribution in [0.5, 0.6) is 0 Å². The van der Waals surface area contributed by atoms with Gasteiger partial charge < -0.3 is 10.1 Å². The number of fused-ring (bicyclic) bond motifs is 1. The minimum Gasteiger partial charge on any atom is -0.358 e. The van der Waals surface area contributed by atoms with E-state index in [1.54, 1.807) is 28.9 Å². The highest BCUT2D eigenvalue weighted by molar-refractivity contribution is 5.82. The summed E-state index contributed by atoms with van der Waals surface area (Å²) in [4.78, 5) is 4.44. The van der Waals surface area contributed by atoms with Gasteiger partial charge in [0.05, 0.1) is 17.3 Å². The maximum absolute atomic E-state index is 14.5. The van der Waals surface area contributed by atoms with Crippen molar-refractivity contribution in [2.75, 3.05) is 5.32 Å². The molecule has 0 radical (unpaired) electrons. The number of imidazole rings is 1. The highest BCUT2D eigenvalue weighted by atomic mass is 19.2.